The van der Waals surface area contributed by atoms with Crippen LogP contribution < -0.4 is 4.72 Å². The fourth-order valence-corrected chi connectivity index (χ4v) is 2.54. The van der Waals surface area contributed by atoms with Crippen molar-refractivity contribution in [3.05, 3.63) is 35.1 Å². The first kappa shape index (κ1) is 13.0. The van der Waals surface area contributed by atoms with Crippen LogP contribution in [-0.2, 0) is 14.8 Å². The number of hydrogen-bond acceptors (Lipinski definition) is 4. The molecular weight excluding hydrogens is 261 g/mol. The lowest BCUT2D eigenvalue weighted by Gasteiger charge is -2.25. The number of aryl methyl sites for hydroxylation is 1. The van der Waals surface area contributed by atoms with Crippen LogP contribution in [0.2, 0.25) is 0 Å². The molecule has 2 rings (SSSR count). The molecule has 0 saturated carbocycles. The van der Waals surface area contributed by atoms with Crippen molar-refractivity contribution >= 4 is 15.9 Å². The molecule has 0 spiro atoms. The second kappa shape index (κ2) is 4.66. The van der Waals surface area contributed by atoms with Gasteiger partial charge in [-0.1, -0.05) is 0 Å². The summed E-state index contributed by atoms with van der Waals surface area (Å²) in [5.41, 5.74) is 0.393. The fourth-order valence-electron chi connectivity index (χ4n) is 1.45. The summed E-state index contributed by atoms with van der Waals surface area (Å²) >= 11 is 0. The standard InChI is InChI=1S/C11H12FNO4S/c1-7-4-8(2-3-10(7)12)11(14)13-18(15,16)9-5-17-6-9/h2-4,9H,5-6H2,1H3,(H,13,14). The Balaban J connectivity index is 2.14. The van der Waals surface area contributed by atoms with Crippen LogP contribution in [0, 0.1) is 12.7 Å². The number of sulfonamides is 1. The lowest BCUT2D eigenvalue weighted by Crippen LogP contribution is -2.48. The maximum atomic E-state index is 13.0. The van der Waals surface area contributed by atoms with Crippen molar-refractivity contribution in [2.45, 2.75) is 12.2 Å². The van der Waals surface area contributed by atoms with Crippen LogP contribution in [0.25, 0.3) is 0 Å². The van der Waals surface area contributed by atoms with Gasteiger partial charge >= 0.3 is 0 Å². The number of ether oxygens (including phenoxy) is 1. The van der Waals surface area contributed by atoms with Gasteiger partial charge in [0, 0.05) is 5.56 Å². The van der Waals surface area contributed by atoms with Crippen molar-refractivity contribution in [3.63, 3.8) is 0 Å². The molecule has 0 atom stereocenters. The smallest absolute Gasteiger partial charge is 0.264 e. The highest BCUT2D eigenvalue weighted by Crippen LogP contribution is 2.13. The van der Waals surface area contributed by atoms with E-state index in [9.17, 15) is 17.6 Å². The summed E-state index contributed by atoms with van der Waals surface area (Å²) < 4.78 is 43.1. The third kappa shape index (κ3) is 2.51. The van der Waals surface area contributed by atoms with Crippen LogP contribution >= 0.6 is 0 Å². The van der Waals surface area contributed by atoms with Crippen LogP contribution in [0.5, 0.6) is 0 Å². The molecule has 0 aliphatic carbocycles. The van der Waals surface area contributed by atoms with E-state index in [2.05, 4.69) is 0 Å². The van der Waals surface area contributed by atoms with Gasteiger partial charge in [-0.2, -0.15) is 0 Å². The van der Waals surface area contributed by atoms with Crippen molar-refractivity contribution in [2.75, 3.05) is 13.2 Å². The van der Waals surface area contributed by atoms with E-state index < -0.39 is 27.0 Å². The molecule has 1 amide bonds. The second-order valence-electron chi connectivity index (χ2n) is 4.10. The molecule has 5 nitrogen and oxygen atoms in total. The molecule has 1 heterocycles. The summed E-state index contributed by atoms with van der Waals surface area (Å²) in [7, 11) is -3.71. The molecule has 0 unspecified atom stereocenters. The van der Waals surface area contributed by atoms with E-state index in [0.717, 1.165) is 6.07 Å². The number of carbonyl (C=O) groups is 1. The molecule has 1 saturated heterocycles. The van der Waals surface area contributed by atoms with Crippen LogP contribution in [0.1, 0.15) is 15.9 Å². The Kier molecular flexibility index (Phi) is 3.36. The van der Waals surface area contributed by atoms with Gasteiger partial charge in [-0.15, -0.1) is 0 Å². The topological polar surface area (TPSA) is 72.5 Å². The predicted molar refractivity (Wildman–Crippen MR) is 62.1 cm³/mol. The molecule has 1 aliphatic heterocycles. The van der Waals surface area contributed by atoms with Crippen LogP contribution in [0.3, 0.4) is 0 Å². The lowest BCUT2D eigenvalue weighted by molar-refractivity contribution is 0.0411. The highest BCUT2D eigenvalue weighted by molar-refractivity contribution is 7.90. The molecule has 0 radical (unpaired) electrons. The summed E-state index contributed by atoms with van der Waals surface area (Å²) in [6.45, 7) is 1.68. The Hall–Kier alpha value is -1.47. The lowest BCUT2D eigenvalue weighted by atomic mass is 10.1. The van der Waals surface area contributed by atoms with E-state index in [1.807, 2.05) is 4.72 Å². The van der Waals surface area contributed by atoms with E-state index in [1.54, 1.807) is 0 Å². The summed E-state index contributed by atoms with van der Waals surface area (Å²) in [6, 6.07) is 3.67. The average molecular weight is 273 g/mol. The quantitative estimate of drug-likeness (QED) is 0.875. The van der Waals surface area contributed by atoms with Crippen LogP contribution in [-0.4, -0.2) is 32.8 Å². The van der Waals surface area contributed by atoms with Crippen LogP contribution in [0.15, 0.2) is 18.2 Å². The fraction of sp³-hybridized carbons (Fsp3) is 0.364. The Morgan fingerprint density at radius 2 is 2.11 bits per heavy atom. The normalized spacial score (nSPS) is 16.1. The first-order valence-electron chi connectivity index (χ1n) is 5.30. The average Bonchev–Trinajstić information content (AvgIpc) is 2.17. The number of amides is 1. The number of hydrogen-bond donors (Lipinski definition) is 1. The first-order chi connectivity index (χ1) is 8.40. The largest absolute Gasteiger partial charge is 0.378 e. The zero-order valence-corrected chi connectivity index (χ0v) is 10.5. The van der Waals surface area contributed by atoms with Gasteiger partial charge < -0.3 is 4.74 Å². The molecule has 1 N–H and O–H groups in total. The van der Waals surface area contributed by atoms with E-state index in [1.165, 1.54) is 19.1 Å². The van der Waals surface area contributed by atoms with Crippen molar-refractivity contribution < 1.29 is 22.3 Å². The number of nitrogens with one attached hydrogen (secondary N) is 1. The molecule has 0 aromatic heterocycles. The number of benzene rings is 1. The maximum Gasteiger partial charge on any atom is 0.264 e. The highest BCUT2D eigenvalue weighted by Gasteiger charge is 2.34. The highest BCUT2D eigenvalue weighted by atomic mass is 32.2. The van der Waals surface area contributed by atoms with E-state index in [0.29, 0.717) is 0 Å². The molecule has 0 bridgehead atoms. The Bertz CT molecular complexity index is 581. The summed E-state index contributed by atoms with van der Waals surface area (Å²) in [6.07, 6.45) is 0. The minimum Gasteiger partial charge on any atom is -0.378 e. The van der Waals surface area contributed by atoms with E-state index >= 15 is 0 Å². The number of rotatable bonds is 3. The first-order valence-corrected chi connectivity index (χ1v) is 6.84. The van der Waals surface area contributed by atoms with Gasteiger partial charge in [0.15, 0.2) is 0 Å². The third-order valence-corrected chi connectivity index (χ3v) is 4.32. The molecule has 1 aromatic carbocycles. The van der Waals surface area contributed by atoms with Gasteiger partial charge in [-0.05, 0) is 30.7 Å². The van der Waals surface area contributed by atoms with E-state index in [4.69, 9.17) is 4.74 Å². The molecule has 1 aromatic rings. The third-order valence-electron chi connectivity index (χ3n) is 2.70. The Morgan fingerprint density at radius 3 is 2.61 bits per heavy atom. The minimum absolute atomic E-state index is 0.0884. The summed E-state index contributed by atoms with van der Waals surface area (Å²) in [5, 5.41) is -0.692. The minimum atomic E-state index is -3.71. The predicted octanol–water partition coefficient (Wildman–Crippen LogP) is 0.593. The van der Waals surface area contributed by atoms with Gasteiger partial charge in [0.1, 0.15) is 11.1 Å². The Morgan fingerprint density at radius 1 is 1.44 bits per heavy atom. The molecule has 1 aliphatic rings. The summed E-state index contributed by atoms with van der Waals surface area (Å²) in [4.78, 5) is 11.7. The zero-order valence-electron chi connectivity index (χ0n) is 9.64. The van der Waals surface area contributed by atoms with Crippen molar-refractivity contribution in [3.8, 4) is 0 Å². The molecule has 98 valence electrons. The van der Waals surface area contributed by atoms with Gasteiger partial charge in [0.2, 0.25) is 10.0 Å². The van der Waals surface area contributed by atoms with Crippen LogP contribution in [0.4, 0.5) is 4.39 Å². The summed E-state index contributed by atoms with van der Waals surface area (Å²) in [5.74, 6) is -1.20. The van der Waals surface area contributed by atoms with E-state index in [-0.39, 0.29) is 24.3 Å². The van der Waals surface area contributed by atoms with Gasteiger partial charge in [0.05, 0.1) is 13.2 Å². The molecular formula is C11H12FNO4S. The van der Waals surface area contributed by atoms with Crippen molar-refractivity contribution in [1.29, 1.82) is 0 Å². The number of halogens is 1. The Labute approximate surface area is 104 Å². The molecule has 1 fully saturated rings. The van der Waals surface area contributed by atoms with Gasteiger partial charge in [-0.25, -0.2) is 17.5 Å². The SMILES string of the molecule is Cc1cc(C(=O)NS(=O)(=O)C2COC2)ccc1F. The second-order valence-corrected chi connectivity index (χ2v) is 6.06. The monoisotopic (exact) mass is 273 g/mol. The van der Waals surface area contributed by atoms with Crippen molar-refractivity contribution in [1.82, 2.24) is 4.72 Å². The van der Waals surface area contributed by atoms with Crippen molar-refractivity contribution in [2.24, 2.45) is 0 Å². The molecule has 18 heavy (non-hydrogen) atoms. The maximum absolute atomic E-state index is 13.0. The van der Waals surface area contributed by atoms with Gasteiger partial charge in [-0.3, -0.25) is 4.79 Å². The zero-order chi connectivity index (χ0) is 13.3. The molecule has 7 heteroatoms. The van der Waals surface area contributed by atoms with Gasteiger partial charge in [0.25, 0.3) is 5.91 Å². The number of carbonyl (C=O) groups excluding carboxylic acids is 1.